The van der Waals surface area contributed by atoms with Gasteiger partial charge in [-0.3, -0.25) is 0 Å². The summed E-state index contributed by atoms with van der Waals surface area (Å²) in [7, 11) is 0. The van der Waals surface area contributed by atoms with Crippen molar-refractivity contribution in [1.82, 2.24) is 4.90 Å². The largest absolute Gasteiger partial charge is 0.390 e. The van der Waals surface area contributed by atoms with Crippen molar-refractivity contribution in [2.75, 3.05) is 26.2 Å². The molecule has 0 aromatic heterocycles. The predicted molar refractivity (Wildman–Crippen MR) is 70.8 cm³/mol. The van der Waals surface area contributed by atoms with Crippen molar-refractivity contribution >= 4 is 0 Å². The van der Waals surface area contributed by atoms with Crippen LogP contribution in [-0.4, -0.2) is 48.0 Å². The fourth-order valence-electron chi connectivity index (χ4n) is 1.68. The molecule has 0 bridgehead atoms. The van der Waals surface area contributed by atoms with Crippen LogP contribution in [0.3, 0.4) is 0 Å². The standard InChI is InChI=1S/C11H23NO2.C2H6.H2/c1-10(2)14-9-8-12-6-4-11(3,13)5-7-12;1-2;/h10,13H,4-9H2,1-3H3;1-2H3;1H. The zero-order valence-corrected chi connectivity index (χ0v) is 11.6. The molecule has 0 spiro atoms. The minimum absolute atomic E-state index is 0. The molecule has 1 aliphatic heterocycles. The van der Waals surface area contributed by atoms with E-state index >= 15 is 0 Å². The van der Waals surface area contributed by atoms with Crippen LogP contribution in [0.15, 0.2) is 0 Å². The third-order valence-corrected chi connectivity index (χ3v) is 2.79. The zero-order chi connectivity index (χ0) is 12.6. The highest BCUT2D eigenvalue weighted by Gasteiger charge is 2.26. The second-order valence-corrected chi connectivity index (χ2v) is 4.76. The van der Waals surface area contributed by atoms with Crippen LogP contribution in [0.5, 0.6) is 0 Å². The summed E-state index contributed by atoms with van der Waals surface area (Å²) >= 11 is 0. The Morgan fingerprint density at radius 1 is 1.31 bits per heavy atom. The van der Waals surface area contributed by atoms with Crippen LogP contribution in [0.2, 0.25) is 0 Å². The topological polar surface area (TPSA) is 32.7 Å². The number of hydrogen-bond donors (Lipinski definition) is 1. The van der Waals surface area contributed by atoms with Gasteiger partial charge in [-0.05, 0) is 33.6 Å². The summed E-state index contributed by atoms with van der Waals surface area (Å²) in [6.07, 6.45) is 2.09. The Labute approximate surface area is 102 Å². The second-order valence-electron chi connectivity index (χ2n) is 4.76. The number of piperidine rings is 1. The minimum atomic E-state index is -0.435. The highest BCUT2D eigenvalue weighted by atomic mass is 16.5. The van der Waals surface area contributed by atoms with Gasteiger partial charge in [0.05, 0.1) is 18.3 Å². The van der Waals surface area contributed by atoms with Gasteiger partial charge in [-0.15, -0.1) is 0 Å². The predicted octanol–water partition coefficient (Wildman–Crippen LogP) is 2.53. The quantitative estimate of drug-likeness (QED) is 0.810. The SMILES string of the molecule is CC.CC(C)OCCN1CCC(C)(O)CC1.[HH]. The Morgan fingerprint density at radius 2 is 1.81 bits per heavy atom. The summed E-state index contributed by atoms with van der Waals surface area (Å²) in [5.41, 5.74) is -0.435. The molecule has 0 unspecified atom stereocenters. The van der Waals surface area contributed by atoms with Crippen LogP contribution in [-0.2, 0) is 4.74 Å². The highest BCUT2D eigenvalue weighted by Crippen LogP contribution is 2.20. The van der Waals surface area contributed by atoms with Gasteiger partial charge in [0.1, 0.15) is 0 Å². The summed E-state index contributed by atoms with van der Waals surface area (Å²) in [6.45, 7) is 13.8. The summed E-state index contributed by atoms with van der Waals surface area (Å²) in [5.74, 6) is 0. The van der Waals surface area contributed by atoms with Gasteiger partial charge < -0.3 is 14.7 Å². The lowest BCUT2D eigenvalue weighted by atomic mass is 9.94. The van der Waals surface area contributed by atoms with Gasteiger partial charge in [-0.1, -0.05) is 13.8 Å². The van der Waals surface area contributed by atoms with Gasteiger partial charge in [0.25, 0.3) is 0 Å². The van der Waals surface area contributed by atoms with Crippen molar-refractivity contribution in [3.63, 3.8) is 0 Å². The smallest absolute Gasteiger partial charge is 0.0644 e. The van der Waals surface area contributed by atoms with Gasteiger partial charge >= 0.3 is 0 Å². The summed E-state index contributed by atoms with van der Waals surface area (Å²) in [6, 6.07) is 0. The van der Waals surface area contributed by atoms with Crippen LogP contribution in [0.1, 0.15) is 48.9 Å². The van der Waals surface area contributed by atoms with Crippen molar-refractivity contribution in [3.05, 3.63) is 0 Å². The van der Waals surface area contributed by atoms with E-state index in [0.717, 1.165) is 39.1 Å². The van der Waals surface area contributed by atoms with Crippen LogP contribution in [0.25, 0.3) is 0 Å². The molecule has 1 rings (SSSR count). The minimum Gasteiger partial charge on any atom is -0.390 e. The van der Waals surface area contributed by atoms with E-state index in [-0.39, 0.29) is 1.43 Å². The summed E-state index contributed by atoms with van der Waals surface area (Å²) in [5, 5.41) is 9.75. The first-order chi connectivity index (χ1) is 7.49. The molecule has 16 heavy (non-hydrogen) atoms. The molecule has 1 saturated heterocycles. The molecule has 1 fully saturated rings. The van der Waals surface area contributed by atoms with E-state index in [0.29, 0.717) is 6.10 Å². The Balaban J connectivity index is 0. The number of nitrogens with zero attached hydrogens (tertiary/aromatic N) is 1. The first-order valence-electron chi connectivity index (χ1n) is 6.56. The van der Waals surface area contributed by atoms with Crippen molar-refractivity contribution in [2.24, 2.45) is 0 Å². The van der Waals surface area contributed by atoms with E-state index in [9.17, 15) is 5.11 Å². The van der Waals surface area contributed by atoms with E-state index in [1.807, 2.05) is 20.8 Å². The van der Waals surface area contributed by atoms with E-state index in [1.165, 1.54) is 0 Å². The zero-order valence-electron chi connectivity index (χ0n) is 11.6. The number of likely N-dealkylation sites (tertiary alicyclic amines) is 1. The molecule has 1 N–H and O–H groups in total. The second kappa shape index (κ2) is 8.04. The maximum atomic E-state index is 9.75. The number of hydrogen-bond acceptors (Lipinski definition) is 3. The van der Waals surface area contributed by atoms with Crippen molar-refractivity contribution in [2.45, 2.75) is 59.2 Å². The molecule has 100 valence electrons. The molecule has 0 aliphatic carbocycles. The molecule has 0 aromatic carbocycles. The molecule has 3 heteroatoms. The third kappa shape index (κ3) is 7.20. The van der Waals surface area contributed by atoms with E-state index in [2.05, 4.69) is 18.7 Å². The lowest BCUT2D eigenvalue weighted by Gasteiger charge is -2.35. The van der Waals surface area contributed by atoms with Gasteiger partial charge in [0, 0.05) is 21.1 Å². The lowest BCUT2D eigenvalue weighted by Crippen LogP contribution is -2.43. The number of ether oxygens (including phenoxy) is 1. The molecule has 0 atom stereocenters. The molecule has 3 nitrogen and oxygen atoms in total. The Hall–Kier alpha value is -0.120. The van der Waals surface area contributed by atoms with Crippen molar-refractivity contribution in [1.29, 1.82) is 0 Å². The molecule has 0 aromatic rings. The summed E-state index contributed by atoms with van der Waals surface area (Å²) < 4.78 is 5.49. The molecular weight excluding hydrogens is 202 g/mol. The molecule has 1 heterocycles. The highest BCUT2D eigenvalue weighted by molar-refractivity contribution is 4.81. The van der Waals surface area contributed by atoms with E-state index < -0.39 is 5.60 Å². The van der Waals surface area contributed by atoms with Gasteiger partial charge in [-0.2, -0.15) is 0 Å². The first-order valence-corrected chi connectivity index (χ1v) is 6.56. The third-order valence-electron chi connectivity index (χ3n) is 2.79. The van der Waals surface area contributed by atoms with E-state index in [4.69, 9.17) is 4.74 Å². The van der Waals surface area contributed by atoms with Crippen LogP contribution in [0, 0.1) is 0 Å². The van der Waals surface area contributed by atoms with Gasteiger partial charge in [-0.25, -0.2) is 0 Å². The molecule has 0 radical (unpaired) electrons. The molecule has 0 amide bonds. The van der Waals surface area contributed by atoms with Gasteiger partial charge in [0.2, 0.25) is 0 Å². The monoisotopic (exact) mass is 233 g/mol. The summed E-state index contributed by atoms with van der Waals surface area (Å²) in [4.78, 5) is 2.36. The number of rotatable bonds is 4. The number of aliphatic hydroxyl groups is 1. The van der Waals surface area contributed by atoms with Crippen molar-refractivity contribution < 1.29 is 11.3 Å². The average molecular weight is 233 g/mol. The molecular formula is C13H31NO2. The molecule has 0 saturated carbocycles. The Morgan fingerprint density at radius 3 is 2.25 bits per heavy atom. The maximum absolute atomic E-state index is 9.75. The van der Waals surface area contributed by atoms with Crippen LogP contribution < -0.4 is 0 Å². The maximum Gasteiger partial charge on any atom is 0.0644 e. The fourth-order valence-corrected chi connectivity index (χ4v) is 1.68. The van der Waals surface area contributed by atoms with Crippen molar-refractivity contribution in [3.8, 4) is 0 Å². The van der Waals surface area contributed by atoms with Crippen LogP contribution >= 0.6 is 0 Å². The van der Waals surface area contributed by atoms with E-state index in [1.54, 1.807) is 0 Å². The Kier molecular flexibility index (Phi) is 7.98. The average Bonchev–Trinajstić information content (AvgIpc) is 2.23. The lowest BCUT2D eigenvalue weighted by molar-refractivity contribution is -0.0164. The fraction of sp³-hybridized carbons (Fsp3) is 1.00. The van der Waals surface area contributed by atoms with Gasteiger partial charge in [0.15, 0.2) is 0 Å². The van der Waals surface area contributed by atoms with Crippen LogP contribution in [0.4, 0.5) is 0 Å². The molecule has 1 aliphatic rings. The normalized spacial score (nSPS) is 20.4. The Bertz CT molecular complexity index is 165. The first kappa shape index (κ1) is 15.9.